The van der Waals surface area contributed by atoms with E-state index in [4.69, 9.17) is 5.11 Å². The molecular formula is C20H28N4O2. The molecule has 140 valence electrons. The SMILES string of the molecule is O=C(NC[C@H](c1ccccc1)N1CCCCCC1)c1ccnn1CCO. The van der Waals surface area contributed by atoms with E-state index >= 15 is 0 Å². The van der Waals surface area contributed by atoms with Gasteiger partial charge >= 0.3 is 0 Å². The summed E-state index contributed by atoms with van der Waals surface area (Å²) in [7, 11) is 0. The third-order valence-corrected chi connectivity index (χ3v) is 4.98. The van der Waals surface area contributed by atoms with E-state index in [1.807, 2.05) is 6.07 Å². The zero-order chi connectivity index (χ0) is 18.2. The van der Waals surface area contributed by atoms with Crippen LogP contribution in [0.25, 0.3) is 0 Å². The maximum atomic E-state index is 12.6. The summed E-state index contributed by atoms with van der Waals surface area (Å²) in [5.41, 5.74) is 1.72. The van der Waals surface area contributed by atoms with Crippen LogP contribution in [0.2, 0.25) is 0 Å². The van der Waals surface area contributed by atoms with Gasteiger partial charge in [0.15, 0.2) is 0 Å². The third kappa shape index (κ3) is 4.71. The summed E-state index contributed by atoms with van der Waals surface area (Å²) in [6, 6.07) is 12.3. The fourth-order valence-electron chi connectivity index (χ4n) is 3.62. The first kappa shape index (κ1) is 18.6. The molecule has 0 radical (unpaired) electrons. The number of nitrogens with one attached hydrogen (secondary N) is 1. The van der Waals surface area contributed by atoms with Crippen LogP contribution in [0.4, 0.5) is 0 Å². The predicted molar refractivity (Wildman–Crippen MR) is 101 cm³/mol. The molecule has 6 nitrogen and oxygen atoms in total. The zero-order valence-electron chi connectivity index (χ0n) is 15.2. The Morgan fingerprint density at radius 3 is 2.54 bits per heavy atom. The van der Waals surface area contributed by atoms with Crippen molar-refractivity contribution in [2.45, 2.75) is 38.3 Å². The lowest BCUT2D eigenvalue weighted by molar-refractivity contribution is 0.0921. The van der Waals surface area contributed by atoms with Gasteiger partial charge in [-0.1, -0.05) is 43.2 Å². The molecule has 26 heavy (non-hydrogen) atoms. The van der Waals surface area contributed by atoms with Gasteiger partial charge in [-0.05, 0) is 37.6 Å². The molecule has 2 aromatic rings. The lowest BCUT2D eigenvalue weighted by atomic mass is 10.0. The van der Waals surface area contributed by atoms with Gasteiger partial charge in [0.1, 0.15) is 5.69 Å². The Kier molecular flexibility index (Phi) is 6.80. The molecule has 1 aromatic carbocycles. The molecule has 1 aliphatic rings. The van der Waals surface area contributed by atoms with Gasteiger partial charge in [-0.15, -0.1) is 0 Å². The summed E-state index contributed by atoms with van der Waals surface area (Å²) >= 11 is 0. The number of amides is 1. The number of aromatic nitrogens is 2. The fourth-order valence-corrected chi connectivity index (χ4v) is 3.62. The summed E-state index contributed by atoms with van der Waals surface area (Å²) in [4.78, 5) is 15.1. The van der Waals surface area contributed by atoms with Crippen molar-refractivity contribution in [1.29, 1.82) is 0 Å². The van der Waals surface area contributed by atoms with Gasteiger partial charge in [0.2, 0.25) is 0 Å². The van der Waals surface area contributed by atoms with Crippen LogP contribution in [0.15, 0.2) is 42.6 Å². The average molecular weight is 356 g/mol. The van der Waals surface area contributed by atoms with E-state index in [2.05, 4.69) is 39.6 Å². The Morgan fingerprint density at radius 1 is 1.12 bits per heavy atom. The Hall–Kier alpha value is -2.18. The van der Waals surface area contributed by atoms with Gasteiger partial charge in [-0.2, -0.15) is 5.10 Å². The van der Waals surface area contributed by atoms with E-state index in [0.29, 0.717) is 18.8 Å². The number of nitrogens with zero attached hydrogens (tertiary/aromatic N) is 3. The van der Waals surface area contributed by atoms with Crippen molar-refractivity contribution in [3.05, 3.63) is 53.9 Å². The number of carbonyl (C=O) groups excluding carboxylic acids is 1. The highest BCUT2D eigenvalue weighted by Gasteiger charge is 2.23. The summed E-state index contributed by atoms with van der Waals surface area (Å²) in [5.74, 6) is -0.147. The minimum absolute atomic E-state index is 0.0393. The van der Waals surface area contributed by atoms with Gasteiger partial charge < -0.3 is 10.4 Å². The molecule has 0 unspecified atom stereocenters. The molecule has 0 bridgehead atoms. The maximum Gasteiger partial charge on any atom is 0.269 e. The first-order chi connectivity index (χ1) is 12.8. The number of benzene rings is 1. The molecule has 0 aliphatic carbocycles. The van der Waals surface area contributed by atoms with E-state index in [-0.39, 0.29) is 18.6 Å². The molecule has 1 fully saturated rings. The second-order valence-corrected chi connectivity index (χ2v) is 6.75. The largest absolute Gasteiger partial charge is 0.394 e. The Balaban J connectivity index is 1.71. The molecule has 2 N–H and O–H groups in total. The van der Waals surface area contributed by atoms with E-state index in [9.17, 15) is 4.79 Å². The fraction of sp³-hybridized carbons (Fsp3) is 0.500. The summed E-state index contributed by atoms with van der Waals surface area (Å²) in [6.45, 7) is 2.98. The average Bonchev–Trinajstić information content (AvgIpc) is 2.97. The van der Waals surface area contributed by atoms with Crippen molar-refractivity contribution in [1.82, 2.24) is 20.0 Å². The predicted octanol–water partition coefficient (Wildman–Crippen LogP) is 2.22. The lowest BCUT2D eigenvalue weighted by Crippen LogP contribution is -2.39. The molecule has 1 amide bonds. The highest BCUT2D eigenvalue weighted by atomic mass is 16.3. The smallest absolute Gasteiger partial charge is 0.269 e. The summed E-state index contributed by atoms with van der Waals surface area (Å²) in [6.07, 6.45) is 6.57. The van der Waals surface area contributed by atoms with Crippen LogP contribution in [0.3, 0.4) is 0 Å². The number of hydrogen-bond acceptors (Lipinski definition) is 4. The standard InChI is InChI=1S/C20H28N4O2/c25-15-14-24-18(10-11-22-24)20(26)21-16-19(17-8-4-3-5-9-17)23-12-6-1-2-7-13-23/h3-5,8-11,19,25H,1-2,6-7,12-16H2,(H,21,26)/t19-/m1/s1. The van der Waals surface area contributed by atoms with Gasteiger partial charge in [-0.25, -0.2) is 0 Å². The number of likely N-dealkylation sites (tertiary alicyclic amines) is 1. The van der Waals surface area contributed by atoms with Crippen molar-refractivity contribution in [2.24, 2.45) is 0 Å². The van der Waals surface area contributed by atoms with Crippen molar-refractivity contribution in [3.63, 3.8) is 0 Å². The Bertz CT molecular complexity index is 678. The van der Waals surface area contributed by atoms with Crippen LogP contribution in [-0.2, 0) is 6.54 Å². The van der Waals surface area contributed by atoms with Gasteiger partial charge in [0.25, 0.3) is 5.91 Å². The van der Waals surface area contributed by atoms with E-state index in [1.165, 1.54) is 31.2 Å². The van der Waals surface area contributed by atoms with Crippen molar-refractivity contribution in [3.8, 4) is 0 Å². The molecule has 0 spiro atoms. The van der Waals surface area contributed by atoms with Crippen LogP contribution >= 0.6 is 0 Å². The lowest BCUT2D eigenvalue weighted by Gasteiger charge is -2.31. The van der Waals surface area contributed by atoms with Crippen LogP contribution in [-0.4, -0.2) is 51.9 Å². The second kappa shape index (κ2) is 9.50. The summed E-state index contributed by atoms with van der Waals surface area (Å²) < 4.78 is 1.54. The highest BCUT2D eigenvalue weighted by molar-refractivity contribution is 5.92. The first-order valence-electron chi connectivity index (χ1n) is 9.49. The van der Waals surface area contributed by atoms with Crippen molar-refractivity contribution in [2.75, 3.05) is 26.2 Å². The maximum absolute atomic E-state index is 12.6. The Labute approximate surface area is 154 Å². The molecule has 6 heteroatoms. The number of aliphatic hydroxyl groups excluding tert-OH is 1. The first-order valence-corrected chi connectivity index (χ1v) is 9.49. The molecule has 3 rings (SSSR count). The van der Waals surface area contributed by atoms with Gasteiger partial charge in [0.05, 0.1) is 19.2 Å². The van der Waals surface area contributed by atoms with E-state index < -0.39 is 0 Å². The number of hydrogen-bond donors (Lipinski definition) is 2. The third-order valence-electron chi connectivity index (χ3n) is 4.98. The van der Waals surface area contributed by atoms with Crippen LogP contribution in [0.1, 0.15) is 47.8 Å². The topological polar surface area (TPSA) is 70.4 Å². The van der Waals surface area contributed by atoms with Crippen LogP contribution in [0.5, 0.6) is 0 Å². The molecule has 1 atom stereocenters. The van der Waals surface area contributed by atoms with Gasteiger partial charge in [-0.3, -0.25) is 14.4 Å². The number of rotatable bonds is 7. The number of carbonyl (C=O) groups is 1. The normalized spacial score (nSPS) is 16.8. The van der Waals surface area contributed by atoms with Crippen LogP contribution in [0, 0.1) is 0 Å². The monoisotopic (exact) mass is 356 g/mol. The summed E-state index contributed by atoms with van der Waals surface area (Å²) in [5, 5.41) is 16.3. The Morgan fingerprint density at radius 2 is 1.85 bits per heavy atom. The molecule has 1 aliphatic heterocycles. The molecule has 0 saturated carbocycles. The highest BCUT2D eigenvalue weighted by Crippen LogP contribution is 2.23. The molecule has 2 heterocycles. The zero-order valence-corrected chi connectivity index (χ0v) is 15.2. The van der Waals surface area contributed by atoms with Gasteiger partial charge in [0, 0.05) is 12.7 Å². The van der Waals surface area contributed by atoms with Crippen molar-refractivity contribution < 1.29 is 9.90 Å². The van der Waals surface area contributed by atoms with E-state index in [0.717, 1.165) is 13.1 Å². The number of aliphatic hydroxyl groups is 1. The minimum atomic E-state index is -0.147. The molecule has 1 saturated heterocycles. The quantitative estimate of drug-likeness (QED) is 0.798. The molecular weight excluding hydrogens is 328 g/mol. The van der Waals surface area contributed by atoms with Crippen molar-refractivity contribution >= 4 is 5.91 Å². The second-order valence-electron chi connectivity index (χ2n) is 6.75. The minimum Gasteiger partial charge on any atom is -0.394 e. The molecule has 1 aromatic heterocycles. The van der Waals surface area contributed by atoms with E-state index in [1.54, 1.807) is 16.9 Å². The van der Waals surface area contributed by atoms with Crippen LogP contribution < -0.4 is 5.32 Å².